The molecule has 0 N–H and O–H groups in total. The van der Waals surface area contributed by atoms with Gasteiger partial charge in [-0.05, 0) is 0 Å². The van der Waals surface area contributed by atoms with Gasteiger partial charge in [0.25, 0.3) is 0 Å². The topological polar surface area (TPSA) is 68.3 Å². The monoisotopic (exact) mass is 634 g/mol. The molecule has 0 saturated heterocycles. The van der Waals surface area contributed by atoms with Crippen LogP contribution >= 0.6 is 0 Å². The number of alkyl halides is 14. The van der Waals surface area contributed by atoms with Crippen LogP contribution in [0.3, 0.4) is 0 Å². The molecular weight excluding hydrogens is 610 g/mol. The normalized spacial score (nSPS) is 14.1. The molecule has 19 heteroatoms. The minimum absolute atomic E-state index is 0. The van der Waals surface area contributed by atoms with Crippen molar-refractivity contribution in [2.45, 2.75) is 90.4 Å². The molecule has 228 valence electrons. The van der Waals surface area contributed by atoms with Gasteiger partial charge >= 0.3 is 73.8 Å². The van der Waals surface area contributed by atoms with Crippen LogP contribution in [0.15, 0.2) is 0 Å². The molecule has 0 amide bonds. The van der Waals surface area contributed by atoms with Crippen LogP contribution in [0.5, 0.6) is 0 Å². The first-order valence-electron chi connectivity index (χ1n) is 9.88. The van der Waals surface area contributed by atoms with Gasteiger partial charge in [-0.3, -0.25) is 19.2 Å². The minimum atomic E-state index is -6.59. The number of halogens is 14. The quantitative estimate of drug-likeness (QED) is 0.190. The Bertz CT molecular complexity index is 833. The van der Waals surface area contributed by atoms with E-state index in [1.165, 1.54) is 41.5 Å². The van der Waals surface area contributed by atoms with E-state index >= 15 is 0 Å². The number of carbonyl (C=O) groups is 4. The van der Waals surface area contributed by atoms with E-state index in [-0.39, 0.29) is 37.7 Å². The van der Waals surface area contributed by atoms with E-state index in [0.717, 1.165) is 0 Å². The molecule has 0 aromatic heterocycles. The van der Waals surface area contributed by atoms with Crippen molar-refractivity contribution in [3.63, 3.8) is 0 Å². The third-order valence-corrected chi connectivity index (χ3v) is 4.52. The summed E-state index contributed by atoms with van der Waals surface area (Å²) >= 11 is 0. The summed E-state index contributed by atoms with van der Waals surface area (Å²) in [5.74, 6) is -32.8. The van der Waals surface area contributed by atoms with Crippen LogP contribution in [-0.4, -0.2) is 96.9 Å². The zero-order valence-corrected chi connectivity index (χ0v) is 20.3. The molecule has 0 spiro atoms. The summed E-state index contributed by atoms with van der Waals surface area (Å²) in [6.45, 7) is 7.27. The molecule has 0 atom stereocenters. The Hall–Kier alpha value is -1.04. The Labute approximate surface area is 242 Å². The molecule has 0 fully saturated rings. The third-order valence-electron chi connectivity index (χ3n) is 4.52. The van der Waals surface area contributed by atoms with Crippen molar-refractivity contribution in [2.24, 2.45) is 10.8 Å². The van der Waals surface area contributed by atoms with Gasteiger partial charge in [0.2, 0.25) is 11.6 Å². The number of ketones is 4. The van der Waals surface area contributed by atoms with Crippen molar-refractivity contribution in [3.8, 4) is 0 Å². The molecule has 0 aromatic carbocycles. The molecule has 0 aromatic rings. The van der Waals surface area contributed by atoms with Gasteiger partial charge in [-0.25, -0.2) is 0 Å². The average Bonchev–Trinajstić information content (AvgIpc) is 2.64. The SMILES string of the molecule is CC(C)(C)C(=O)CC(=O)C(F)(F)C(F)(F)C(F)(F)F.CC(C)(C)C(=O)CC(=O)C(F)(F)C(F)(F)C(F)(F)F.[CaH2]. The maximum atomic E-state index is 12.9. The number of Topliss-reactive ketones (excluding diaryl/α,β-unsaturated/α-hetero) is 4. The zero-order valence-electron chi connectivity index (χ0n) is 20.3. The molecule has 0 unspecified atom stereocenters. The summed E-state index contributed by atoms with van der Waals surface area (Å²) in [5.41, 5.74) is -2.61. The average molecular weight is 634 g/mol. The predicted octanol–water partition coefficient (Wildman–Crippen LogP) is 5.87. The van der Waals surface area contributed by atoms with Crippen LogP contribution in [0, 0.1) is 10.8 Å². The van der Waals surface area contributed by atoms with Gasteiger partial charge in [-0.1, -0.05) is 41.5 Å². The van der Waals surface area contributed by atoms with Gasteiger partial charge in [0.15, 0.2) is 0 Å². The molecule has 0 rings (SSSR count). The van der Waals surface area contributed by atoms with Gasteiger partial charge < -0.3 is 0 Å². The molecule has 0 saturated carbocycles. The predicted molar refractivity (Wildman–Crippen MR) is 109 cm³/mol. The molecule has 0 heterocycles. The Balaban J connectivity index is -0.000000648. The first-order valence-corrected chi connectivity index (χ1v) is 9.88. The molecule has 0 radical (unpaired) electrons. The van der Waals surface area contributed by atoms with E-state index < -0.39 is 82.8 Å². The van der Waals surface area contributed by atoms with Gasteiger partial charge in [-0.15, -0.1) is 0 Å². The van der Waals surface area contributed by atoms with E-state index in [4.69, 9.17) is 0 Å². The van der Waals surface area contributed by atoms with E-state index in [2.05, 4.69) is 0 Å². The summed E-state index contributed by atoms with van der Waals surface area (Å²) in [7, 11) is 0. The third kappa shape index (κ3) is 10.1. The second-order valence-electron chi connectivity index (χ2n) is 9.84. The van der Waals surface area contributed by atoms with E-state index in [0.29, 0.717) is 0 Å². The molecule has 0 aliphatic rings. The Morgan fingerprint density at radius 1 is 0.410 bits per heavy atom. The maximum absolute atomic E-state index is 12.9. The van der Waals surface area contributed by atoms with Gasteiger partial charge in [-0.2, -0.15) is 61.5 Å². The first-order chi connectivity index (χ1) is 16.1. The molecule has 0 aliphatic heterocycles. The Morgan fingerprint density at radius 2 is 0.590 bits per heavy atom. The standard InChI is InChI=1S/2C10H11F7O2.Ca.2H/c2*1-7(2,3)5(18)4-6(19)8(11,12)9(13,14)10(15,16)17;;;/h2*4H2,1-3H3;;;. The van der Waals surface area contributed by atoms with E-state index in [9.17, 15) is 80.6 Å². The molecule has 0 bridgehead atoms. The fourth-order valence-corrected chi connectivity index (χ4v) is 1.75. The number of carbonyl (C=O) groups excluding carboxylic acids is 4. The van der Waals surface area contributed by atoms with Crippen LogP contribution in [0.2, 0.25) is 0 Å². The van der Waals surface area contributed by atoms with Crippen molar-refractivity contribution in [1.82, 2.24) is 0 Å². The Kier molecular flexibility index (Phi) is 14.0. The Morgan fingerprint density at radius 3 is 0.718 bits per heavy atom. The van der Waals surface area contributed by atoms with E-state index in [1.807, 2.05) is 0 Å². The van der Waals surface area contributed by atoms with Gasteiger partial charge in [0.1, 0.15) is 11.6 Å². The summed E-state index contributed by atoms with van der Waals surface area (Å²) in [5, 5.41) is 0. The van der Waals surface area contributed by atoms with Gasteiger partial charge in [0.05, 0.1) is 12.8 Å². The molecule has 39 heavy (non-hydrogen) atoms. The molecular formula is C20H24CaF14O4. The van der Waals surface area contributed by atoms with Crippen LogP contribution in [0.25, 0.3) is 0 Å². The van der Waals surface area contributed by atoms with Crippen molar-refractivity contribution in [3.05, 3.63) is 0 Å². The summed E-state index contributed by atoms with van der Waals surface area (Å²) in [6.07, 6.45) is -16.6. The van der Waals surface area contributed by atoms with Crippen molar-refractivity contribution >= 4 is 60.9 Å². The van der Waals surface area contributed by atoms with Gasteiger partial charge in [0, 0.05) is 10.8 Å². The fourth-order valence-electron chi connectivity index (χ4n) is 1.75. The molecule has 0 aliphatic carbocycles. The number of rotatable bonds is 8. The first kappa shape index (κ1) is 42.4. The van der Waals surface area contributed by atoms with Crippen LogP contribution in [0.1, 0.15) is 54.4 Å². The van der Waals surface area contributed by atoms with Crippen LogP contribution in [-0.2, 0) is 19.2 Å². The van der Waals surface area contributed by atoms with Crippen LogP contribution < -0.4 is 0 Å². The second-order valence-corrected chi connectivity index (χ2v) is 9.84. The summed E-state index contributed by atoms with van der Waals surface area (Å²) < 4.78 is 172. The van der Waals surface area contributed by atoms with Crippen LogP contribution in [0.4, 0.5) is 61.5 Å². The summed E-state index contributed by atoms with van der Waals surface area (Å²) in [4.78, 5) is 44.2. The number of hydrogen-bond donors (Lipinski definition) is 0. The van der Waals surface area contributed by atoms with Crippen molar-refractivity contribution < 1.29 is 80.6 Å². The zero-order chi connectivity index (χ0) is 31.7. The number of hydrogen-bond acceptors (Lipinski definition) is 4. The molecule has 4 nitrogen and oxygen atoms in total. The van der Waals surface area contributed by atoms with Crippen molar-refractivity contribution in [2.75, 3.05) is 0 Å². The summed E-state index contributed by atoms with van der Waals surface area (Å²) in [6, 6.07) is 0. The second kappa shape index (κ2) is 12.9. The van der Waals surface area contributed by atoms with E-state index in [1.54, 1.807) is 0 Å². The van der Waals surface area contributed by atoms with Crippen molar-refractivity contribution in [1.29, 1.82) is 0 Å². The fraction of sp³-hybridized carbons (Fsp3) is 0.800.